The first-order valence-electron chi connectivity index (χ1n) is 6.93. The van der Waals surface area contributed by atoms with Crippen LogP contribution in [0.4, 0.5) is 11.6 Å². The summed E-state index contributed by atoms with van der Waals surface area (Å²) in [5, 5.41) is 12.0. The first-order valence-corrected chi connectivity index (χ1v) is 8.10. The van der Waals surface area contributed by atoms with E-state index >= 15 is 0 Å². The molecule has 0 aliphatic rings. The first-order chi connectivity index (χ1) is 12.1. The van der Waals surface area contributed by atoms with E-state index in [1.54, 1.807) is 24.3 Å². The normalized spacial score (nSPS) is 10.3. The van der Waals surface area contributed by atoms with Crippen molar-refractivity contribution in [3.8, 4) is 0 Å². The monoisotopic (exact) mass is 420 g/mol. The van der Waals surface area contributed by atoms with E-state index in [9.17, 15) is 9.59 Å². The van der Waals surface area contributed by atoms with Crippen LogP contribution in [0.2, 0.25) is 5.02 Å². The van der Waals surface area contributed by atoms with E-state index in [0.717, 1.165) is 0 Å². The van der Waals surface area contributed by atoms with Crippen molar-refractivity contribution < 1.29 is 9.59 Å². The highest BCUT2D eigenvalue weighted by Gasteiger charge is 2.20. The number of carbonyl (C=O) groups excluding carboxylic acids is 2. The lowest BCUT2D eigenvalue weighted by molar-refractivity contribution is 0.101. The van der Waals surface area contributed by atoms with Gasteiger partial charge in [-0.15, -0.1) is 0 Å². The smallest absolute Gasteiger partial charge is 0.278 e. The lowest BCUT2D eigenvalue weighted by Crippen LogP contribution is -2.15. The van der Waals surface area contributed by atoms with Gasteiger partial charge in [0.1, 0.15) is 5.82 Å². The molecule has 0 fully saturated rings. The summed E-state index contributed by atoms with van der Waals surface area (Å²) in [7, 11) is 0. The molecule has 8 nitrogen and oxygen atoms in total. The molecule has 2 amide bonds. The fourth-order valence-corrected chi connectivity index (χ4v) is 2.61. The minimum atomic E-state index is -0.512. The molecular formula is C15H10BrClN6O2. The summed E-state index contributed by atoms with van der Waals surface area (Å²) in [6, 6.07) is 6.62. The van der Waals surface area contributed by atoms with Gasteiger partial charge in [-0.2, -0.15) is 5.10 Å². The minimum Gasteiger partial charge on any atom is -0.306 e. The zero-order valence-corrected chi connectivity index (χ0v) is 14.8. The highest BCUT2D eigenvalue weighted by atomic mass is 79.9. The number of benzene rings is 1. The molecule has 0 radical (unpaired) electrons. The third kappa shape index (κ3) is 3.83. The Bertz CT molecular complexity index is 931. The molecular weight excluding hydrogens is 412 g/mol. The van der Waals surface area contributed by atoms with Gasteiger partial charge < -0.3 is 10.6 Å². The quantitative estimate of drug-likeness (QED) is 0.599. The average Bonchev–Trinajstić information content (AvgIpc) is 2.97. The zero-order valence-electron chi connectivity index (χ0n) is 12.5. The van der Waals surface area contributed by atoms with Crippen molar-refractivity contribution in [2.24, 2.45) is 0 Å². The number of amides is 2. The number of hydrogen-bond acceptors (Lipinski definition) is 5. The van der Waals surface area contributed by atoms with Crippen LogP contribution in [0.3, 0.4) is 0 Å². The van der Waals surface area contributed by atoms with Crippen molar-refractivity contribution in [2.75, 3.05) is 10.6 Å². The Balaban J connectivity index is 1.76. The van der Waals surface area contributed by atoms with Crippen LogP contribution in [-0.4, -0.2) is 32.0 Å². The topological polar surface area (TPSA) is 113 Å². The molecule has 1 aromatic carbocycles. The predicted molar refractivity (Wildman–Crippen MR) is 95.7 cm³/mol. The molecule has 0 unspecified atom stereocenters. The zero-order chi connectivity index (χ0) is 17.8. The maximum Gasteiger partial charge on any atom is 0.278 e. The Morgan fingerprint density at radius 1 is 1.12 bits per heavy atom. The van der Waals surface area contributed by atoms with Crippen LogP contribution in [0.25, 0.3) is 0 Å². The van der Waals surface area contributed by atoms with Crippen LogP contribution in [-0.2, 0) is 0 Å². The Hall–Kier alpha value is -2.78. The third-order valence-corrected chi connectivity index (χ3v) is 4.19. The molecule has 2 aromatic heterocycles. The molecule has 25 heavy (non-hydrogen) atoms. The van der Waals surface area contributed by atoms with Crippen LogP contribution in [0.5, 0.6) is 0 Å². The molecule has 0 spiro atoms. The van der Waals surface area contributed by atoms with Gasteiger partial charge in [-0.25, -0.2) is 4.98 Å². The summed E-state index contributed by atoms with van der Waals surface area (Å²) in [4.78, 5) is 32.3. The second-order valence-electron chi connectivity index (χ2n) is 4.74. The van der Waals surface area contributed by atoms with Crippen molar-refractivity contribution in [1.29, 1.82) is 0 Å². The van der Waals surface area contributed by atoms with Crippen LogP contribution >= 0.6 is 27.5 Å². The number of carbonyl (C=O) groups is 2. The Labute approximate surface area is 155 Å². The second kappa shape index (κ2) is 7.41. The number of rotatable bonds is 4. The summed E-state index contributed by atoms with van der Waals surface area (Å²) in [6.07, 6.45) is 4.34. The van der Waals surface area contributed by atoms with Crippen LogP contribution in [0, 0.1) is 0 Å². The molecule has 3 rings (SSSR count). The second-order valence-corrected chi connectivity index (χ2v) is 5.94. The van der Waals surface area contributed by atoms with Gasteiger partial charge in [0.15, 0.2) is 11.5 Å². The molecule has 3 aromatic rings. The molecule has 0 bridgehead atoms. The van der Waals surface area contributed by atoms with Crippen LogP contribution < -0.4 is 10.6 Å². The first kappa shape index (κ1) is 17.1. The maximum absolute atomic E-state index is 12.3. The predicted octanol–water partition coefficient (Wildman–Crippen LogP) is 3.12. The van der Waals surface area contributed by atoms with E-state index in [0.29, 0.717) is 15.1 Å². The lowest BCUT2D eigenvalue weighted by Gasteiger charge is -2.05. The molecule has 2 heterocycles. The fourth-order valence-electron chi connectivity index (χ4n) is 1.93. The molecule has 10 heteroatoms. The van der Waals surface area contributed by atoms with E-state index in [1.165, 1.54) is 18.6 Å². The third-order valence-electron chi connectivity index (χ3n) is 3.08. The van der Waals surface area contributed by atoms with Gasteiger partial charge in [0.25, 0.3) is 11.8 Å². The SMILES string of the molecule is O=C(Nc1[nH]nc(C(=O)Nc2cnccn2)c1Br)c1ccccc1Cl. The summed E-state index contributed by atoms with van der Waals surface area (Å²) in [5.41, 5.74) is 0.358. The Kier molecular flexibility index (Phi) is 5.05. The number of anilines is 2. The van der Waals surface area contributed by atoms with Gasteiger partial charge in [0.2, 0.25) is 0 Å². The molecule has 0 aliphatic carbocycles. The fraction of sp³-hybridized carbons (Fsp3) is 0. The number of nitrogens with zero attached hydrogens (tertiary/aromatic N) is 3. The van der Waals surface area contributed by atoms with Crippen molar-refractivity contribution >= 4 is 51.0 Å². The summed E-state index contributed by atoms with van der Waals surface area (Å²) < 4.78 is 0.300. The number of aromatic amines is 1. The Morgan fingerprint density at radius 2 is 1.92 bits per heavy atom. The van der Waals surface area contributed by atoms with E-state index in [-0.39, 0.29) is 17.3 Å². The number of nitrogens with one attached hydrogen (secondary N) is 3. The van der Waals surface area contributed by atoms with Gasteiger partial charge in [0.05, 0.1) is 21.3 Å². The van der Waals surface area contributed by atoms with E-state index in [4.69, 9.17) is 11.6 Å². The molecule has 0 saturated heterocycles. The molecule has 0 saturated carbocycles. The standard InChI is InChI=1S/C15H10BrClN6O2/c16-11-12(15(25)20-10-7-18-5-6-19-10)22-23-13(11)21-14(24)8-3-1-2-4-9(8)17/h1-7H,(H,19,20,25)(H2,21,22,23,24). The van der Waals surface area contributed by atoms with E-state index in [1.807, 2.05) is 0 Å². The van der Waals surface area contributed by atoms with Crippen molar-refractivity contribution in [1.82, 2.24) is 20.2 Å². The van der Waals surface area contributed by atoms with Gasteiger partial charge >= 0.3 is 0 Å². The largest absolute Gasteiger partial charge is 0.306 e. The molecule has 126 valence electrons. The highest BCUT2D eigenvalue weighted by molar-refractivity contribution is 9.10. The van der Waals surface area contributed by atoms with Crippen LogP contribution in [0.15, 0.2) is 47.3 Å². The summed E-state index contributed by atoms with van der Waals surface area (Å²) in [6.45, 7) is 0. The van der Waals surface area contributed by atoms with Gasteiger partial charge in [-0.05, 0) is 28.1 Å². The van der Waals surface area contributed by atoms with E-state index < -0.39 is 11.8 Å². The maximum atomic E-state index is 12.3. The number of halogens is 2. The highest BCUT2D eigenvalue weighted by Crippen LogP contribution is 2.25. The minimum absolute atomic E-state index is 0.0557. The van der Waals surface area contributed by atoms with Gasteiger partial charge in [-0.3, -0.25) is 19.7 Å². The van der Waals surface area contributed by atoms with Gasteiger partial charge in [-0.1, -0.05) is 23.7 Å². The van der Waals surface area contributed by atoms with Crippen molar-refractivity contribution in [2.45, 2.75) is 0 Å². The lowest BCUT2D eigenvalue weighted by atomic mass is 10.2. The molecule has 3 N–H and O–H groups in total. The molecule has 0 aliphatic heterocycles. The van der Waals surface area contributed by atoms with Crippen LogP contribution in [0.1, 0.15) is 20.8 Å². The molecule has 0 atom stereocenters. The van der Waals surface area contributed by atoms with Crippen molar-refractivity contribution in [3.63, 3.8) is 0 Å². The summed E-state index contributed by atoms with van der Waals surface area (Å²) >= 11 is 9.24. The van der Waals surface area contributed by atoms with E-state index in [2.05, 4.69) is 46.7 Å². The summed E-state index contributed by atoms with van der Waals surface area (Å²) in [5.74, 6) is -0.434. The van der Waals surface area contributed by atoms with Crippen molar-refractivity contribution in [3.05, 3.63) is 63.6 Å². The average molecular weight is 422 g/mol. The van der Waals surface area contributed by atoms with Gasteiger partial charge in [0, 0.05) is 12.4 Å². The Morgan fingerprint density at radius 3 is 2.64 bits per heavy atom. The number of H-pyrrole nitrogens is 1. The number of hydrogen-bond donors (Lipinski definition) is 3. The number of aromatic nitrogens is 4.